The van der Waals surface area contributed by atoms with Crippen LogP contribution in [0.2, 0.25) is 0 Å². The zero-order valence-electron chi connectivity index (χ0n) is 10.3. The quantitative estimate of drug-likeness (QED) is 0.632. The van der Waals surface area contributed by atoms with Crippen molar-refractivity contribution in [3.05, 3.63) is 0 Å². The fraction of sp³-hybridized carbons (Fsp3) is 1.00. The molecule has 0 aliphatic heterocycles. The van der Waals surface area contributed by atoms with Gasteiger partial charge in [0.1, 0.15) is 0 Å². The van der Waals surface area contributed by atoms with Gasteiger partial charge < -0.3 is 5.32 Å². The average molecular weight is 217 g/mol. The number of rotatable bonds is 9. The lowest BCUT2D eigenvalue weighted by molar-refractivity contribution is 0.399. The van der Waals surface area contributed by atoms with Crippen molar-refractivity contribution in [2.75, 3.05) is 12.0 Å². The van der Waals surface area contributed by atoms with Crippen LogP contribution in [-0.4, -0.2) is 24.1 Å². The highest BCUT2D eigenvalue weighted by Crippen LogP contribution is 2.07. The van der Waals surface area contributed by atoms with Crippen LogP contribution in [0, 0.1) is 0 Å². The highest BCUT2D eigenvalue weighted by molar-refractivity contribution is 7.98. The molecular weight excluding hydrogens is 190 g/mol. The second kappa shape index (κ2) is 9.85. The molecule has 0 spiro atoms. The summed E-state index contributed by atoms with van der Waals surface area (Å²) >= 11 is 1.94. The van der Waals surface area contributed by atoms with Crippen LogP contribution in [0.15, 0.2) is 0 Å². The third-order valence-corrected chi connectivity index (χ3v) is 3.32. The third kappa shape index (κ3) is 7.69. The van der Waals surface area contributed by atoms with Gasteiger partial charge in [0.25, 0.3) is 0 Å². The van der Waals surface area contributed by atoms with Crippen molar-refractivity contribution in [1.29, 1.82) is 0 Å². The van der Waals surface area contributed by atoms with Crippen molar-refractivity contribution in [3.63, 3.8) is 0 Å². The highest BCUT2D eigenvalue weighted by atomic mass is 32.2. The molecule has 0 rings (SSSR count). The van der Waals surface area contributed by atoms with Gasteiger partial charge in [-0.05, 0) is 38.2 Å². The monoisotopic (exact) mass is 217 g/mol. The van der Waals surface area contributed by atoms with Crippen molar-refractivity contribution < 1.29 is 0 Å². The van der Waals surface area contributed by atoms with Crippen LogP contribution < -0.4 is 5.32 Å². The molecule has 14 heavy (non-hydrogen) atoms. The summed E-state index contributed by atoms with van der Waals surface area (Å²) in [5.41, 5.74) is 0. The second-order valence-corrected chi connectivity index (χ2v) is 5.08. The Balaban J connectivity index is 3.57. The third-order valence-electron chi connectivity index (χ3n) is 2.67. The number of nitrogens with one attached hydrogen (secondary N) is 1. The first kappa shape index (κ1) is 14.3. The Bertz CT molecular complexity index is 117. The summed E-state index contributed by atoms with van der Waals surface area (Å²) in [7, 11) is 0. The van der Waals surface area contributed by atoms with Crippen molar-refractivity contribution in [2.24, 2.45) is 0 Å². The van der Waals surface area contributed by atoms with E-state index in [9.17, 15) is 0 Å². The van der Waals surface area contributed by atoms with Crippen LogP contribution in [0.3, 0.4) is 0 Å². The molecule has 2 heteroatoms. The normalized spacial score (nSPS) is 15.4. The van der Waals surface area contributed by atoms with Gasteiger partial charge in [-0.1, -0.05) is 26.7 Å². The molecule has 86 valence electrons. The van der Waals surface area contributed by atoms with Crippen molar-refractivity contribution in [2.45, 2.75) is 65.0 Å². The molecule has 0 heterocycles. The van der Waals surface area contributed by atoms with Crippen LogP contribution in [0.25, 0.3) is 0 Å². The van der Waals surface area contributed by atoms with Gasteiger partial charge in [-0.2, -0.15) is 11.8 Å². The minimum atomic E-state index is 0.684. The van der Waals surface area contributed by atoms with E-state index in [0.29, 0.717) is 6.04 Å². The molecule has 0 fully saturated rings. The summed E-state index contributed by atoms with van der Waals surface area (Å²) in [5.74, 6) is 1.28. The SMILES string of the molecule is CCCCC(CC)NC(C)CCSC. The second-order valence-electron chi connectivity index (χ2n) is 4.10. The Kier molecular flexibility index (Phi) is 10.1. The van der Waals surface area contributed by atoms with Gasteiger partial charge in [0.2, 0.25) is 0 Å². The maximum Gasteiger partial charge on any atom is 0.00669 e. The topological polar surface area (TPSA) is 12.0 Å². The molecule has 0 bridgehead atoms. The van der Waals surface area contributed by atoms with E-state index < -0.39 is 0 Å². The highest BCUT2D eigenvalue weighted by Gasteiger charge is 2.08. The molecule has 2 unspecified atom stereocenters. The number of hydrogen-bond donors (Lipinski definition) is 1. The first-order chi connectivity index (χ1) is 6.74. The molecule has 0 aliphatic rings. The standard InChI is InChI=1S/C12H27NS/c1-5-7-8-12(6-2)13-11(3)9-10-14-4/h11-13H,5-10H2,1-4H3. The Hall–Kier alpha value is 0.310. The fourth-order valence-corrected chi connectivity index (χ4v) is 2.23. The molecule has 2 atom stereocenters. The molecule has 0 aromatic rings. The molecule has 0 aromatic carbocycles. The molecule has 1 nitrogen and oxygen atoms in total. The lowest BCUT2D eigenvalue weighted by atomic mass is 10.1. The van der Waals surface area contributed by atoms with Crippen molar-refractivity contribution in [3.8, 4) is 0 Å². The van der Waals surface area contributed by atoms with Crippen LogP contribution in [0.5, 0.6) is 0 Å². The Labute approximate surface area is 94.4 Å². The predicted molar refractivity (Wildman–Crippen MR) is 69.2 cm³/mol. The zero-order valence-corrected chi connectivity index (χ0v) is 11.1. The summed E-state index contributed by atoms with van der Waals surface area (Å²) in [6, 6.07) is 1.43. The maximum absolute atomic E-state index is 3.72. The molecule has 1 N–H and O–H groups in total. The maximum atomic E-state index is 3.72. The largest absolute Gasteiger partial charge is 0.311 e. The lowest BCUT2D eigenvalue weighted by Crippen LogP contribution is -2.36. The predicted octanol–water partition coefficient (Wildman–Crippen LogP) is 3.69. The van der Waals surface area contributed by atoms with E-state index in [1.54, 1.807) is 0 Å². The molecule has 0 radical (unpaired) electrons. The van der Waals surface area contributed by atoms with E-state index in [4.69, 9.17) is 0 Å². The van der Waals surface area contributed by atoms with E-state index in [1.807, 2.05) is 11.8 Å². The van der Waals surface area contributed by atoms with Crippen LogP contribution >= 0.6 is 11.8 Å². The first-order valence-electron chi connectivity index (χ1n) is 5.99. The summed E-state index contributed by atoms with van der Waals surface area (Å²) in [4.78, 5) is 0. The van der Waals surface area contributed by atoms with E-state index in [2.05, 4.69) is 32.3 Å². The van der Waals surface area contributed by atoms with Crippen LogP contribution in [-0.2, 0) is 0 Å². The zero-order chi connectivity index (χ0) is 10.8. The lowest BCUT2D eigenvalue weighted by Gasteiger charge is -2.22. The molecule has 0 aromatic heterocycles. The number of unbranched alkanes of at least 4 members (excludes halogenated alkanes) is 1. The van der Waals surface area contributed by atoms with Gasteiger partial charge in [-0.15, -0.1) is 0 Å². The van der Waals surface area contributed by atoms with Gasteiger partial charge >= 0.3 is 0 Å². The molecular formula is C12H27NS. The number of thioether (sulfide) groups is 1. The van der Waals surface area contributed by atoms with Crippen molar-refractivity contribution in [1.82, 2.24) is 5.32 Å². The summed E-state index contributed by atoms with van der Waals surface area (Å²) in [6.07, 6.45) is 8.77. The van der Waals surface area contributed by atoms with Gasteiger partial charge in [-0.3, -0.25) is 0 Å². The van der Waals surface area contributed by atoms with Gasteiger partial charge in [0, 0.05) is 12.1 Å². The summed E-state index contributed by atoms with van der Waals surface area (Å²) in [5, 5.41) is 3.72. The van der Waals surface area contributed by atoms with E-state index in [-0.39, 0.29) is 0 Å². The summed E-state index contributed by atoms with van der Waals surface area (Å²) in [6.45, 7) is 6.86. The minimum absolute atomic E-state index is 0.684. The number of hydrogen-bond acceptors (Lipinski definition) is 2. The minimum Gasteiger partial charge on any atom is -0.311 e. The average Bonchev–Trinajstić information content (AvgIpc) is 2.21. The Morgan fingerprint density at radius 3 is 2.43 bits per heavy atom. The summed E-state index contributed by atoms with van der Waals surface area (Å²) < 4.78 is 0. The Morgan fingerprint density at radius 1 is 1.21 bits per heavy atom. The van der Waals surface area contributed by atoms with Crippen LogP contribution in [0.1, 0.15) is 52.9 Å². The Morgan fingerprint density at radius 2 is 1.93 bits per heavy atom. The van der Waals surface area contributed by atoms with Crippen molar-refractivity contribution >= 4 is 11.8 Å². The van der Waals surface area contributed by atoms with Gasteiger partial charge in [0.15, 0.2) is 0 Å². The molecule has 0 saturated carbocycles. The van der Waals surface area contributed by atoms with E-state index >= 15 is 0 Å². The van der Waals surface area contributed by atoms with Gasteiger partial charge in [0.05, 0.1) is 0 Å². The van der Waals surface area contributed by atoms with E-state index in [0.717, 1.165) is 6.04 Å². The fourth-order valence-electron chi connectivity index (χ4n) is 1.64. The van der Waals surface area contributed by atoms with Gasteiger partial charge in [-0.25, -0.2) is 0 Å². The molecule has 0 aliphatic carbocycles. The smallest absolute Gasteiger partial charge is 0.00669 e. The van der Waals surface area contributed by atoms with E-state index in [1.165, 1.54) is 37.9 Å². The molecule has 0 saturated heterocycles. The van der Waals surface area contributed by atoms with Crippen LogP contribution in [0.4, 0.5) is 0 Å². The molecule has 0 amide bonds. The first-order valence-corrected chi connectivity index (χ1v) is 7.38.